The van der Waals surface area contributed by atoms with Crippen molar-refractivity contribution in [1.29, 1.82) is 0 Å². The van der Waals surface area contributed by atoms with Crippen LogP contribution >= 0.6 is 0 Å². The van der Waals surface area contributed by atoms with Crippen LogP contribution in [0.3, 0.4) is 0 Å². The lowest BCUT2D eigenvalue weighted by atomic mass is 9.77. The lowest BCUT2D eigenvalue weighted by Gasteiger charge is -2.35. The van der Waals surface area contributed by atoms with Gasteiger partial charge in [-0.15, -0.1) is 0 Å². The molecule has 0 bridgehead atoms. The summed E-state index contributed by atoms with van der Waals surface area (Å²) in [5, 5.41) is 3.73. The van der Waals surface area contributed by atoms with E-state index in [9.17, 15) is 0 Å². The van der Waals surface area contributed by atoms with Gasteiger partial charge in [0.1, 0.15) is 0 Å². The Morgan fingerprint density at radius 3 is 2.33 bits per heavy atom. The molecule has 0 aliphatic heterocycles. The van der Waals surface area contributed by atoms with Gasteiger partial charge in [0.05, 0.1) is 0 Å². The zero-order valence-corrected chi connectivity index (χ0v) is 12.1. The maximum atomic E-state index is 3.73. The fourth-order valence-electron chi connectivity index (χ4n) is 3.30. The predicted molar refractivity (Wildman–Crippen MR) is 78.9 cm³/mol. The average molecular weight is 245 g/mol. The highest BCUT2D eigenvalue weighted by Gasteiger charge is 2.36. The second-order valence-corrected chi connectivity index (χ2v) is 6.16. The third kappa shape index (κ3) is 3.14. The van der Waals surface area contributed by atoms with Gasteiger partial charge < -0.3 is 5.32 Å². The molecule has 0 amide bonds. The van der Waals surface area contributed by atoms with Gasteiger partial charge in [0, 0.05) is 6.04 Å². The Balaban J connectivity index is 2.08. The largest absolute Gasteiger partial charge is 0.313 e. The molecule has 1 aromatic rings. The molecule has 1 aromatic carbocycles. The molecule has 100 valence electrons. The Hall–Kier alpha value is -0.820. The van der Waals surface area contributed by atoms with E-state index in [1.807, 2.05) is 0 Å². The van der Waals surface area contributed by atoms with Crippen LogP contribution < -0.4 is 5.32 Å². The summed E-state index contributed by atoms with van der Waals surface area (Å²) in [6.07, 6.45) is 6.76. The summed E-state index contributed by atoms with van der Waals surface area (Å²) in [5.74, 6) is 0. The highest BCUT2D eigenvalue weighted by atomic mass is 14.9. The third-order valence-corrected chi connectivity index (χ3v) is 4.60. The zero-order chi connectivity index (χ0) is 13.0. The summed E-state index contributed by atoms with van der Waals surface area (Å²) in [6.45, 7) is 7.93. The molecule has 1 saturated carbocycles. The van der Waals surface area contributed by atoms with Gasteiger partial charge in [0.25, 0.3) is 0 Å². The van der Waals surface area contributed by atoms with Crippen molar-refractivity contribution in [1.82, 2.24) is 5.32 Å². The average Bonchev–Trinajstić information content (AvgIpc) is 2.80. The first-order valence-electron chi connectivity index (χ1n) is 7.43. The molecule has 1 heteroatoms. The zero-order valence-electron chi connectivity index (χ0n) is 12.1. The first kappa shape index (κ1) is 13.6. The number of rotatable bonds is 5. The van der Waals surface area contributed by atoms with Gasteiger partial charge in [-0.05, 0) is 43.7 Å². The van der Waals surface area contributed by atoms with Gasteiger partial charge in [0.15, 0.2) is 0 Å². The molecule has 0 aromatic heterocycles. The van der Waals surface area contributed by atoms with E-state index in [1.54, 1.807) is 0 Å². The second-order valence-electron chi connectivity index (χ2n) is 6.16. The molecule has 0 radical (unpaired) electrons. The first-order valence-corrected chi connectivity index (χ1v) is 7.43. The van der Waals surface area contributed by atoms with Crippen LogP contribution in [0.25, 0.3) is 0 Å². The van der Waals surface area contributed by atoms with Gasteiger partial charge in [0.2, 0.25) is 0 Å². The van der Waals surface area contributed by atoms with Crippen LogP contribution in [0.5, 0.6) is 0 Å². The van der Waals surface area contributed by atoms with E-state index in [4.69, 9.17) is 0 Å². The van der Waals surface area contributed by atoms with Crippen LogP contribution in [0.2, 0.25) is 0 Å². The monoisotopic (exact) mass is 245 g/mol. The Morgan fingerprint density at radius 1 is 1.17 bits per heavy atom. The third-order valence-electron chi connectivity index (χ3n) is 4.60. The predicted octanol–water partition coefficient (Wildman–Crippen LogP) is 4.10. The maximum Gasteiger partial charge on any atom is 0.0161 e. The van der Waals surface area contributed by atoms with Crippen molar-refractivity contribution < 1.29 is 0 Å². The van der Waals surface area contributed by atoms with Gasteiger partial charge in [-0.3, -0.25) is 0 Å². The van der Waals surface area contributed by atoms with Crippen molar-refractivity contribution in [3.05, 3.63) is 35.4 Å². The number of hydrogen-bond donors (Lipinski definition) is 1. The van der Waals surface area contributed by atoms with Crippen LogP contribution in [-0.4, -0.2) is 12.6 Å². The van der Waals surface area contributed by atoms with Crippen LogP contribution in [-0.2, 0) is 6.42 Å². The van der Waals surface area contributed by atoms with Crippen LogP contribution in [0.15, 0.2) is 24.3 Å². The maximum absolute atomic E-state index is 3.73. The van der Waals surface area contributed by atoms with E-state index in [0.717, 1.165) is 6.54 Å². The number of aryl methyl sites for hydroxylation is 1. The summed E-state index contributed by atoms with van der Waals surface area (Å²) in [6, 6.07) is 9.67. The smallest absolute Gasteiger partial charge is 0.0161 e. The second kappa shape index (κ2) is 5.88. The number of nitrogens with one attached hydrogen (secondary N) is 1. The molecule has 1 fully saturated rings. The molecule has 0 heterocycles. The first-order chi connectivity index (χ1) is 8.64. The van der Waals surface area contributed by atoms with Gasteiger partial charge >= 0.3 is 0 Å². The molecule has 0 saturated heterocycles. The van der Waals surface area contributed by atoms with Crippen LogP contribution in [0.4, 0.5) is 0 Å². The van der Waals surface area contributed by atoms with Crippen molar-refractivity contribution in [2.75, 3.05) is 6.54 Å². The van der Waals surface area contributed by atoms with E-state index in [2.05, 4.69) is 50.4 Å². The summed E-state index contributed by atoms with van der Waals surface area (Å²) in [7, 11) is 0. The molecule has 1 N–H and O–H groups in total. The molecule has 0 spiro atoms. The van der Waals surface area contributed by atoms with Gasteiger partial charge in [-0.2, -0.15) is 0 Å². The summed E-state index contributed by atoms with van der Waals surface area (Å²) in [5.41, 5.74) is 3.33. The molecular weight excluding hydrogens is 218 g/mol. The number of likely N-dealkylation sites (N-methyl/N-ethyl adjacent to an activating group) is 1. The Kier molecular flexibility index (Phi) is 4.45. The summed E-state index contributed by atoms with van der Waals surface area (Å²) < 4.78 is 0. The van der Waals surface area contributed by atoms with Crippen molar-refractivity contribution in [3.63, 3.8) is 0 Å². The van der Waals surface area contributed by atoms with Crippen molar-refractivity contribution in [2.24, 2.45) is 5.41 Å². The van der Waals surface area contributed by atoms with E-state index in [1.165, 1.54) is 43.2 Å². The minimum atomic E-state index is 0.501. The van der Waals surface area contributed by atoms with E-state index in [-0.39, 0.29) is 0 Å². The highest BCUT2D eigenvalue weighted by Crippen LogP contribution is 2.41. The quantitative estimate of drug-likeness (QED) is 0.823. The topological polar surface area (TPSA) is 12.0 Å². The van der Waals surface area contributed by atoms with Gasteiger partial charge in [-0.25, -0.2) is 0 Å². The molecule has 1 aliphatic carbocycles. The van der Waals surface area contributed by atoms with E-state index >= 15 is 0 Å². The SMILES string of the molecule is CCNC(Cc1ccc(C)cc1)C1(C)CCCC1. The van der Waals surface area contributed by atoms with Gasteiger partial charge in [-0.1, -0.05) is 56.5 Å². The fraction of sp³-hybridized carbons (Fsp3) is 0.647. The minimum absolute atomic E-state index is 0.501. The Bertz CT molecular complexity index is 360. The molecule has 2 rings (SSSR count). The number of benzene rings is 1. The normalized spacial score (nSPS) is 19.9. The Morgan fingerprint density at radius 2 is 1.78 bits per heavy atom. The van der Waals surface area contributed by atoms with Crippen LogP contribution in [0.1, 0.15) is 50.7 Å². The Labute approximate surface area is 112 Å². The molecule has 1 nitrogen and oxygen atoms in total. The standard InChI is InChI=1S/C17H27N/c1-4-18-16(17(3)11-5-6-12-17)13-15-9-7-14(2)8-10-15/h7-10,16,18H,4-6,11-13H2,1-3H3. The molecule has 1 unspecified atom stereocenters. The van der Waals surface area contributed by atoms with E-state index in [0.29, 0.717) is 11.5 Å². The molecule has 1 atom stereocenters. The minimum Gasteiger partial charge on any atom is -0.313 e. The molecule has 1 aliphatic rings. The summed E-state index contributed by atoms with van der Waals surface area (Å²) >= 11 is 0. The van der Waals surface area contributed by atoms with Crippen LogP contribution in [0, 0.1) is 12.3 Å². The number of hydrogen-bond acceptors (Lipinski definition) is 1. The highest BCUT2D eigenvalue weighted by molar-refractivity contribution is 5.22. The molecule has 18 heavy (non-hydrogen) atoms. The lowest BCUT2D eigenvalue weighted by molar-refractivity contribution is 0.222. The van der Waals surface area contributed by atoms with E-state index < -0.39 is 0 Å². The summed E-state index contributed by atoms with van der Waals surface area (Å²) in [4.78, 5) is 0. The molecular formula is C17H27N. The lowest BCUT2D eigenvalue weighted by Crippen LogP contribution is -2.43. The van der Waals surface area contributed by atoms with Crippen molar-refractivity contribution in [2.45, 2.75) is 58.9 Å². The fourth-order valence-corrected chi connectivity index (χ4v) is 3.30. The van der Waals surface area contributed by atoms with Crippen molar-refractivity contribution >= 4 is 0 Å². The van der Waals surface area contributed by atoms with Crippen molar-refractivity contribution in [3.8, 4) is 0 Å².